The van der Waals surface area contributed by atoms with Gasteiger partial charge in [0.2, 0.25) is 0 Å². The van der Waals surface area contributed by atoms with Crippen LogP contribution in [0, 0.1) is 0 Å². The first kappa shape index (κ1) is 20.6. The molecule has 0 aliphatic rings. The van der Waals surface area contributed by atoms with Gasteiger partial charge in [-0.05, 0) is 36.0 Å². The summed E-state index contributed by atoms with van der Waals surface area (Å²) in [5.41, 5.74) is 3.60. The van der Waals surface area contributed by atoms with Gasteiger partial charge < -0.3 is 5.11 Å². The molecule has 0 radical (unpaired) electrons. The van der Waals surface area contributed by atoms with Gasteiger partial charge in [-0.2, -0.15) is 0 Å². The van der Waals surface area contributed by atoms with E-state index >= 15 is 0 Å². The number of unbranched alkanes of at least 4 members (excludes halogenated alkanes) is 4. The molecule has 0 bridgehead atoms. The van der Waals surface area contributed by atoms with Crippen LogP contribution in [0.1, 0.15) is 95.2 Å². The molecule has 0 aliphatic carbocycles. The predicted octanol–water partition coefficient (Wildman–Crippen LogP) is 7.57. The minimum Gasteiger partial charge on any atom is -0.508 e. The molecule has 0 aromatic heterocycles. The van der Waals surface area contributed by atoms with Gasteiger partial charge in [-0.3, -0.25) is 0 Å². The van der Waals surface area contributed by atoms with Gasteiger partial charge in [0.15, 0.2) is 0 Å². The fourth-order valence-corrected chi connectivity index (χ4v) is 4.14. The molecule has 1 atom stereocenters. The van der Waals surface area contributed by atoms with E-state index in [1.807, 2.05) is 12.1 Å². The number of phenols is 1. The van der Waals surface area contributed by atoms with Crippen molar-refractivity contribution in [3.8, 4) is 5.75 Å². The van der Waals surface area contributed by atoms with Crippen LogP contribution in [-0.4, -0.2) is 5.11 Å². The molecule has 2 rings (SSSR count). The van der Waals surface area contributed by atoms with Crippen LogP contribution in [0.15, 0.2) is 48.5 Å². The summed E-state index contributed by atoms with van der Waals surface area (Å²) >= 11 is 0. The van der Waals surface area contributed by atoms with Crippen LogP contribution in [0.5, 0.6) is 5.75 Å². The fourth-order valence-electron chi connectivity index (χ4n) is 4.14. The highest BCUT2D eigenvalue weighted by molar-refractivity contribution is 5.48. The molecule has 2 aromatic carbocycles. The van der Waals surface area contributed by atoms with E-state index in [2.05, 4.69) is 58.0 Å². The standard InChI is InChI=1S/C25H36O/c1-5-7-8-9-10-15-20(6-2)21-16-11-12-17-22(21)25(3,4)23-18-13-14-19-24(23)26/h11-14,16-20,26H,5-10,15H2,1-4H3. The third-order valence-electron chi connectivity index (χ3n) is 5.80. The minimum absolute atomic E-state index is 0.211. The van der Waals surface area contributed by atoms with Crippen molar-refractivity contribution >= 4 is 0 Å². The molecular formula is C25H36O. The van der Waals surface area contributed by atoms with Crippen molar-refractivity contribution < 1.29 is 5.11 Å². The number of benzene rings is 2. The Balaban J connectivity index is 2.26. The molecule has 0 saturated heterocycles. The quantitative estimate of drug-likeness (QED) is 0.437. The van der Waals surface area contributed by atoms with E-state index in [0.29, 0.717) is 11.7 Å². The van der Waals surface area contributed by atoms with Crippen molar-refractivity contribution in [2.45, 2.75) is 84.0 Å². The van der Waals surface area contributed by atoms with E-state index in [1.165, 1.54) is 56.1 Å². The zero-order valence-electron chi connectivity index (χ0n) is 17.1. The third-order valence-corrected chi connectivity index (χ3v) is 5.80. The average Bonchev–Trinajstić information content (AvgIpc) is 2.65. The van der Waals surface area contributed by atoms with Crippen molar-refractivity contribution in [2.75, 3.05) is 0 Å². The lowest BCUT2D eigenvalue weighted by Gasteiger charge is -2.31. The molecule has 1 heteroatoms. The highest BCUT2D eigenvalue weighted by Crippen LogP contribution is 2.41. The van der Waals surface area contributed by atoms with Crippen LogP contribution in [0.25, 0.3) is 0 Å². The number of para-hydroxylation sites is 1. The van der Waals surface area contributed by atoms with Gasteiger partial charge in [-0.25, -0.2) is 0 Å². The first-order chi connectivity index (χ1) is 12.5. The lowest BCUT2D eigenvalue weighted by molar-refractivity contribution is 0.451. The highest BCUT2D eigenvalue weighted by Gasteiger charge is 2.29. The van der Waals surface area contributed by atoms with Crippen molar-refractivity contribution in [1.82, 2.24) is 0 Å². The van der Waals surface area contributed by atoms with Crippen LogP contribution in [0.2, 0.25) is 0 Å². The summed E-state index contributed by atoms with van der Waals surface area (Å²) in [6, 6.07) is 16.6. The smallest absolute Gasteiger partial charge is 0.119 e. The molecule has 1 nitrogen and oxygen atoms in total. The topological polar surface area (TPSA) is 20.2 Å². The molecule has 0 amide bonds. The molecule has 1 unspecified atom stereocenters. The molecule has 1 N–H and O–H groups in total. The Bertz CT molecular complexity index is 671. The molecule has 0 spiro atoms. The summed E-state index contributed by atoms with van der Waals surface area (Å²) in [7, 11) is 0. The molecule has 0 saturated carbocycles. The van der Waals surface area contributed by atoms with E-state index in [-0.39, 0.29) is 5.41 Å². The first-order valence-corrected chi connectivity index (χ1v) is 10.4. The van der Waals surface area contributed by atoms with Gasteiger partial charge in [0.25, 0.3) is 0 Å². The van der Waals surface area contributed by atoms with Crippen LogP contribution < -0.4 is 0 Å². The van der Waals surface area contributed by atoms with Crippen LogP contribution >= 0.6 is 0 Å². The maximum Gasteiger partial charge on any atom is 0.119 e. The molecule has 2 aromatic rings. The Morgan fingerprint density at radius 1 is 0.808 bits per heavy atom. The third kappa shape index (κ3) is 4.90. The SMILES string of the molecule is CCCCCCCC(CC)c1ccccc1C(C)(C)c1ccccc1O. The second-order valence-electron chi connectivity index (χ2n) is 8.04. The Morgan fingerprint density at radius 3 is 2.08 bits per heavy atom. The lowest BCUT2D eigenvalue weighted by atomic mass is 9.72. The van der Waals surface area contributed by atoms with Gasteiger partial charge in [0, 0.05) is 11.0 Å². The Hall–Kier alpha value is -1.76. The van der Waals surface area contributed by atoms with E-state index in [9.17, 15) is 5.11 Å². The molecule has 0 aliphatic heterocycles. The summed E-state index contributed by atoms with van der Waals surface area (Å²) in [4.78, 5) is 0. The predicted molar refractivity (Wildman–Crippen MR) is 113 cm³/mol. The normalized spacial score (nSPS) is 12.9. The largest absolute Gasteiger partial charge is 0.508 e. The van der Waals surface area contributed by atoms with E-state index in [1.54, 1.807) is 6.07 Å². The van der Waals surface area contributed by atoms with Crippen LogP contribution in [0.4, 0.5) is 0 Å². The van der Waals surface area contributed by atoms with Crippen molar-refractivity contribution in [3.63, 3.8) is 0 Å². The Morgan fingerprint density at radius 2 is 1.42 bits per heavy atom. The average molecular weight is 353 g/mol. The lowest BCUT2D eigenvalue weighted by Crippen LogP contribution is -2.22. The van der Waals surface area contributed by atoms with E-state index in [4.69, 9.17) is 0 Å². The molecule has 142 valence electrons. The van der Waals surface area contributed by atoms with E-state index < -0.39 is 0 Å². The zero-order chi connectivity index (χ0) is 19.0. The fraction of sp³-hybridized carbons (Fsp3) is 0.520. The number of aromatic hydroxyl groups is 1. The second-order valence-corrected chi connectivity index (χ2v) is 8.04. The van der Waals surface area contributed by atoms with Crippen molar-refractivity contribution in [1.29, 1.82) is 0 Å². The number of hydrogen-bond acceptors (Lipinski definition) is 1. The maximum atomic E-state index is 10.4. The summed E-state index contributed by atoms with van der Waals surface area (Å²) in [5, 5.41) is 10.4. The summed E-state index contributed by atoms with van der Waals surface area (Å²) < 4.78 is 0. The monoisotopic (exact) mass is 352 g/mol. The zero-order valence-corrected chi connectivity index (χ0v) is 17.1. The summed E-state index contributed by atoms with van der Waals surface area (Å²) in [6.45, 7) is 9.04. The highest BCUT2D eigenvalue weighted by atomic mass is 16.3. The number of phenolic OH excluding ortho intramolecular Hbond substituents is 1. The second kappa shape index (κ2) is 9.80. The molecule has 0 heterocycles. The summed E-state index contributed by atoms with van der Waals surface area (Å²) in [5.74, 6) is 0.984. The van der Waals surface area contributed by atoms with Gasteiger partial charge >= 0.3 is 0 Å². The van der Waals surface area contributed by atoms with Gasteiger partial charge in [-0.1, -0.05) is 102 Å². The van der Waals surface area contributed by atoms with Crippen molar-refractivity contribution in [2.24, 2.45) is 0 Å². The first-order valence-electron chi connectivity index (χ1n) is 10.4. The van der Waals surface area contributed by atoms with Gasteiger partial charge in [-0.15, -0.1) is 0 Å². The molecular weight excluding hydrogens is 316 g/mol. The maximum absolute atomic E-state index is 10.4. The molecule has 26 heavy (non-hydrogen) atoms. The van der Waals surface area contributed by atoms with Crippen LogP contribution in [-0.2, 0) is 5.41 Å². The Kier molecular flexibility index (Phi) is 7.75. The Labute approximate surface area is 160 Å². The van der Waals surface area contributed by atoms with Gasteiger partial charge in [0.05, 0.1) is 0 Å². The van der Waals surface area contributed by atoms with Crippen LogP contribution in [0.3, 0.4) is 0 Å². The minimum atomic E-state index is -0.211. The molecule has 0 fully saturated rings. The summed E-state index contributed by atoms with van der Waals surface area (Å²) in [6.07, 6.45) is 9.09. The number of rotatable bonds is 10. The van der Waals surface area contributed by atoms with Gasteiger partial charge in [0.1, 0.15) is 5.75 Å². The van der Waals surface area contributed by atoms with E-state index in [0.717, 1.165) is 5.56 Å². The van der Waals surface area contributed by atoms with Crippen molar-refractivity contribution in [3.05, 3.63) is 65.2 Å². The number of hydrogen-bond donors (Lipinski definition) is 1.